The molecule has 0 saturated heterocycles. The van der Waals surface area contributed by atoms with Crippen molar-refractivity contribution in [2.24, 2.45) is 10.2 Å². The van der Waals surface area contributed by atoms with Crippen LogP contribution in [0.3, 0.4) is 0 Å². The lowest BCUT2D eigenvalue weighted by molar-refractivity contribution is 0.392. The average Bonchev–Trinajstić information content (AvgIpc) is 2.96. The van der Waals surface area contributed by atoms with Crippen molar-refractivity contribution in [3.8, 4) is 11.8 Å². The number of hydrogen-bond donors (Lipinski definition) is 0. The maximum atomic E-state index is 13.6. The van der Waals surface area contributed by atoms with Gasteiger partial charge in [-0.15, -0.1) is 0 Å². The highest BCUT2D eigenvalue weighted by Crippen LogP contribution is 2.37. The molecule has 0 bridgehead atoms. The van der Waals surface area contributed by atoms with Crippen molar-refractivity contribution >= 4 is 0 Å². The van der Waals surface area contributed by atoms with E-state index in [9.17, 15) is 9.65 Å². The van der Waals surface area contributed by atoms with Gasteiger partial charge in [-0.2, -0.15) is 15.5 Å². The molecule has 5 heteroatoms. The van der Waals surface area contributed by atoms with E-state index in [1.807, 2.05) is 24.3 Å². The quantitative estimate of drug-likeness (QED) is 0.118. The van der Waals surface area contributed by atoms with E-state index in [1.165, 1.54) is 63.9 Å². The van der Waals surface area contributed by atoms with Gasteiger partial charge in [0.05, 0.1) is 24.6 Å². The summed E-state index contributed by atoms with van der Waals surface area (Å²) in [6, 6.07) is 17.6. The summed E-state index contributed by atoms with van der Waals surface area (Å²) in [6.07, 6.45) is 17.8. The van der Waals surface area contributed by atoms with Crippen LogP contribution in [0.4, 0.5) is 4.39 Å². The Kier molecular flexibility index (Phi) is 16.1. The van der Waals surface area contributed by atoms with Crippen molar-refractivity contribution in [1.82, 2.24) is 0 Å². The largest absolute Gasteiger partial charge is 0.497 e. The third-order valence-electron chi connectivity index (χ3n) is 7.87. The van der Waals surface area contributed by atoms with Crippen LogP contribution in [-0.2, 0) is 11.8 Å². The van der Waals surface area contributed by atoms with Crippen LogP contribution in [0.2, 0.25) is 0 Å². The number of hydrogen-bond acceptors (Lipinski definition) is 4. The highest BCUT2D eigenvalue weighted by atomic mass is 19.1. The van der Waals surface area contributed by atoms with E-state index in [4.69, 9.17) is 4.74 Å². The molecule has 2 unspecified atom stereocenters. The maximum Gasteiger partial charge on any atom is 0.123 e. The molecule has 0 aromatic heterocycles. The zero-order valence-corrected chi connectivity index (χ0v) is 24.6. The van der Waals surface area contributed by atoms with Crippen LogP contribution < -0.4 is 4.74 Å². The topological polar surface area (TPSA) is 57.7 Å². The number of azo groups is 1. The third-order valence-corrected chi connectivity index (χ3v) is 7.87. The molecular formula is C34H50FN3O. The van der Waals surface area contributed by atoms with Gasteiger partial charge in [-0.05, 0) is 73.9 Å². The van der Waals surface area contributed by atoms with E-state index >= 15 is 0 Å². The molecule has 0 amide bonds. The fourth-order valence-electron chi connectivity index (χ4n) is 5.51. The summed E-state index contributed by atoms with van der Waals surface area (Å²) in [5.41, 5.74) is 1.49. The number of nitrogens with zero attached hydrogens (tertiary/aromatic N) is 3. The van der Waals surface area contributed by atoms with Gasteiger partial charge >= 0.3 is 0 Å². The average molecular weight is 536 g/mol. The summed E-state index contributed by atoms with van der Waals surface area (Å²) < 4.78 is 19.1. The number of nitriles is 1. The van der Waals surface area contributed by atoms with E-state index in [0.717, 1.165) is 61.8 Å². The molecule has 39 heavy (non-hydrogen) atoms. The molecule has 2 rings (SSSR count). The Morgan fingerprint density at radius 2 is 1.54 bits per heavy atom. The predicted molar refractivity (Wildman–Crippen MR) is 160 cm³/mol. The number of halogens is 1. The molecule has 0 spiro atoms. The molecule has 2 atom stereocenters. The summed E-state index contributed by atoms with van der Waals surface area (Å²) in [5.74, 6) is 0.591. The van der Waals surface area contributed by atoms with Crippen LogP contribution in [0.25, 0.3) is 0 Å². The monoisotopic (exact) mass is 535 g/mol. The van der Waals surface area contributed by atoms with Gasteiger partial charge in [-0.3, -0.25) is 0 Å². The molecule has 0 aliphatic carbocycles. The van der Waals surface area contributed by atoms with Crippen molar-refractivity contribution in [2.75, 3.05) is 14.2 Å². The smallest absolute Gasteiger partial charge is 0.123 e. The Balaban J connectivity index is 1.95. The molecule has 0 aliphatic rings. The minimum Gasteiger partial charge on any atom is -0.497 e. The Bertz CT molecular complexity index is 1000. The second kappa shape index (κ2) is 19.3. The Morgan fingerprint density at radius 1 is 0.872 bits per heavy atom. The molecule has 0 radical (unpaired) electrons. The lowest BCUT2D eigenvalue weighted by atomic mass is 9.73. The second-order valence-electron chi connectivity index (χ2n) is 10.9. The van der Waals surface area contributed by atoms with E-state index in [0.29, 0.717) is 0 Å². The number of ether oxygens (including phenoxy) is 1. The van der Waals surface area contributed by atoms with Gasteiger partial charge in [0.1, 0.15) is 11.6 Å². The lowest BCUT2D eigenvalue weighted by Gasteiger charge is -2.28. The normalized spacial score (nSPS) is 13.7. The van der Waals surface area contributed by atoms with Crippen molar-refractivity contribution in [3.63, 3.8) is 0 Å². The Hall–Kier alpha value is -2.74. The summed E-state index contributed by atoms with van der Waals surface area (Å²) in [5, 5.41) is 19.0. The third kappa shape index (κ3) is 12.3. The molecule has 214 valence electrons. The molecule has 2 aromatic carbocycles. The first-order valence-electron chi connectivity index (χ1n) is 15.2. The summed E-state index contributed by atoms with van der Waals surface area (Å²) in [6.45, 7) is 2.26. The number of rotatable bonds is 21. The van der Waals surface area contributed by atoms with Crippen LogP contribution in [0, 0.1) is 17.1 Å². The van der Waals surface area contributed by atoms with Crippen LogP contribution >= 0.6 is 0 Å². The molecule has 4 nitrogen and oxygen atoms in total. The Labute approximate surface area is 237 Å². The molecular weight excluding hydrogens is 485 g/mol. The minimum atomic E-state index is -0.537. The molecule has 0 aliphatic heterocycles. The first-order chi connectivity index (χ1) is 19.1. The summed E-state index contributed by atoms with van der Waals surface area (Å²) in [7, 11) is 3.38. The van der Waals surface area contributed by atoms with Gasteiger partial charge in [0.15, 0.2) is 0 Å². The molecule has 0 saturated carbocycles. The van der Waals surface area contributed by atoms with E-state index in [-0.39, 0.29) is 11.9 Å². The van der Waals surface area contributed by atoms with Crippen molar-refractivity contribution in [3.05, 3.63) is 65.5 Å². The first kappa shape index (κ1) is 32.5. The van der Waals surface area contributed by atoms with E-state index in [1.54, 1.807) is 26.3 Å². The molecule has 2 aromatic rings. The summed E-state index contributed by atoms with van der Waals surface area (Å²) >= 11 is 0. The van der Waals surface area contributed by atoms with Gasteiger partial charge in [0.25, 0.3) is 0 Å². The fourth-order valence-corrected chi connectivity index (χ4v) is 5.51. The van der Waals surface area contributed by atoms with Crippen molar-refractivity contribution in [1.29, 1.82) is 5.26 Å². The SMILES string of the molecule is CCCCCCCCCCCCC(C#N)(CCCC(CCc1cccc(F)c1)N=NC)c1cccc(OC)c1. The van der Waals surface area contributed by atoms with Crippen LogP contribution in [-0.4, -0.2) is 20.2 Å². The molecule has 0 N–H and O–H groups in total. The van der Waals surface area contributed by atoms with Gasteiger partial charge < -0.3 is 4.74 Å². The zero-order chi connectivity index (χ0) is 28.2. The first-order valence-corrected chi connectivity index (χ1v) is 15.2. The Morgan fingerprint density at radius 3 is 2.18 bits per heavy atom. The standard InChI is InChI=1S/C34H50FN3O/c1-4-5-6-7-8-9-10-11-12-13-24-34(28-36,30-18-15-21-33(27-30)39-3)25-16-20-32(38-37-2)23-22-29-17-14-19-31(35)26-29/h14-15,17-19,21,26-27,32H,4-13,16,20,22-25H2,1-3H3. The predicted octanol–water partition coefficient (Wildman–Crippen LogP) is 10.2. The van der Waals surface area contributed by atoms with E-state index < -0.39 is 5.41 Å². The molecule has 0 heterocycles. The minimum absolute atomic E-state index is 0.0669. The van der Waals surface area contributed by atoms with Crippen molar-refractivity contribution in [2.45, 2.75) is 121 Å². The fraction of sp³-hybridized carbons (Fsp3) is 0.618. The van der Waals surface area contributed by atoms with Gasteiger partial charge in [0.2, 0.25) is 0 Å². The van der Waals surface area contributed by atoms with Crippen LogP contribution in [0.5, 0.6) is 5.75 Å². The van der Waals surface area contributed by atoms with Gasteiger partial charge in [-0.1, -0.05) is 95.4 Å². The van der Waals surface area contributed by atoms with E-state index in [2.05, 4.69) is 29.3 Å². The second-order valence-corrected chi connectivity index (χ2v) is 10.9. The highest BCUT2D eigenvalue weighted by molar-refractivity contribution is 5.38. The number of aryl methyl sites for hydroxylation is 1. The summed E-state index contributed by atoms with van der Waals surface area (Å²) in [4.78, 5) is 0. The van der Waals surface area contributed by atoms with Gasteiger partial charge in [0, 0.05) is 7.05 Å². The van der Waals surface area contributed by atoms with Crippen molar-refractivity contribution < 1.29 is 9.13 Å². The van der Waals surface area contributed by atoms with Crippen LogP contribution in [0.1, 0.15) is 114 Å². The number of benzene rings is 2. The number of methoxy groups -OCH3 is 1. The maximum absolute atomic E-state index is 13.6. The highest BCUT2D eigenvalue weighted by Gasteiger charge is 2.32. The van der Waals surface area contributed by atoms with Crippen LogP contribution in [0.15, 0.2) is 58.8 Å². The lowest BCUT2D eigenvalue weighted by Crippen LogP contribution is -2.25. The molecule has 0 fully saturated rings. The van der Waals surface area contributed by atoms with Gasteiger partial charge in [-0.25, -0.2) is 4.39 Å². The number of unbranched alkanes of at least 4 members (excludes halogenated alkanes) is 9. The zero-order valence-electron chi connectivity index (χ0n) is 24.6.